The van der Waals surface area contributed by atoms with Crippen molar-refractivity contribution in [3.63, 3.8) is 0 Å². The van der Waals surface area contributed by atoms with Crippen molar-refractivity contribution in [3.8, 4) is 11.4 Å². The Bertz CT molecular complexity index is 1340. The predicted molar refractivity (Wildman–Crippen MR) is 126 cm³/mol. The number of alkyl halides is 3. The summed E-state index contributed by atoms with van der Waals surface area (Å²) in [7, 11) is 0. The minimum Gasteiger partial charge on any atom is -0.366 e. The van der Waals surface area contributed by atoms with Gasteiger partial charge in [-0.1, -0.05) is 12.8 Å². The van der Waals surface area contributed by atoms with Crippen molar-refractivity contribution in [2.24, 2.45) is 5.73 Å². The van der Waals surface area contributed by atoms with E-state index in [0.29, 0.717) is 24.0 Å². The number of nitrogens with one attached hydrogen (secondary N) is 1. The summed E-state index contributed by atoms with van der Waals surface area (Å²) in [6.07, 6.45) is 4.77. The molecule has 190 valence electrons. The van der Waals surface area contributed by atoms with E-state index in [0.717, 1.165) is 30.4 Å². The summed E-state index contributed by atoms with van der Waals surface area (Å²) in [5.41, 5.74) is 6.71. The van der Waals surface area contributed by atoms with Crippen molar-refractivity contribution in [1.82, 2.24) is 29.6 Å². The summed E-state index contributed by atoms with van der Waals surface area (Å²) in [4.78, 5) is 37.9. The number of halogens is 3. The fraction of sp³-hybridized carbons (Fsp3) is 0.375. The molecule has 3 aromatic heterocycles. The summed E-state index contributed by atoms with van der Waals surface area (Å²) in [5.74, 6) is -1.00. The van der Waals surface area contributed by atoms with E-state index in [2.05, 4.69) is 20.1 Å². The number of H-pyrrole nitrogens is 1. The number of hydrogen-bond acceptors (Lipinski definition) is 5. The molecule has 1 aliphatic rings. The quantitative estimate of drug-likeness (QED) is 0.561. The second-order valence-corrected chi connectivity index (χ2v) is 8.67. The van der Waals surface area contributed by atoms with Crippen molar-refractivity contribution >= 4 is 22.7 Å². The number of rotatable bonds is 4. The number of primary amides is 1. The Morgan fingerprint density at radius 2 is 1.86 bits per heavy atom. The largest absolute Gasteiger partial charge is 0.408 e. The maximum Gasteiger partial charge on any atom is 0.408 e. The molecule has 36 heavy (non-hydrogen) atoms. The van der Waals surface area contributed by atoms with Gasteiger partial charge in [0, 0.05) is 37.1 Å². The Morgan fingerprint density at radius 1 is 1.14 bits per heavy atom. The van der Waals surface area contributed by atoms with Gasteiger partial charge in [0.1, 0.15) is 17.9 Å². The molecule has 2 amide bonds. The van der Waals surface area contributed by atoms with E-state index in [1.807, 2.05) is 0 Å². The van der Waals surface area contributed by atoms with E-state index < -0.39 is 18.6 Å². The molecule has 3 aromatic rings. The number of nitrogens with two attached hydrogens (primary N) is 1. The van der Waals surface area contributed by atoms with Crippen molar-refractivity contribution in [1.29, 1.82) is 0 Å². The highest BCUT2D eigenvalue weighted by Gasteiger charge is 2.31. The number of aromatic amines is 1. The minimum absolute atomic E-state index is 0.0597. The standard InChI is InChI=1S/C24H26F3N7O2/c1-15-6-7-29-13-19(31-11-16(15)22(28)35)21-17-12-30-18(23(36)33-8-4-2-3-5-9-33)10-20(17)34(32-21)14-24(25,26)27/h6-7,10-13,31H,2-5,8-9,14H2,1H3,(H2,28,35). The molecule has 0 unspecified atom stereocenters. The third-order valence-electron chi connectivity index (χ3n) is 6.01. The smallest absolute Gasteiger partial charge is 0.366 e. The van der Waals surface area contributed by atoms with E-state index in [4.69, 9.17) is 5.73 Å². The van der Waals surface area contributed by atoms with Gasteiger partial charge < -0.3 is 15.6 Å². The maximum atomic E-state index is 13.4. The molecule has 0 radical (unpaired) electrons. The molecule has 1 fully saturated rings. The van der Waals surface area contributed by atoms with Gasteiger partial charge in [-0.2, -0.15) is 18.3 Å². The number of amides is 2. The highest BCUT2D eigenvalue weighted by Crippen LogP contribution is 2.29. The highest BCUT2D eigenvalue weighted by atomic mass is 19.4. The van der Waals surface area contributed by atoms with Gasteiger partial charge in [-0.3, -0.25) is 24.2 Å². The Balaban J connectivity index is 1.86. The molecule has 1 aliphatic heterocycles. The van der Waals surface area contributed by atoms with Gasteiger partial charge in [0.15, 0.2) is 0 Å². The van der Waals surface area contributed by atoms with Crippen molar-refractivity contribution in [2.75, 3.05) is 13.1 Å². The third-order valence-corrected chi connectivity index (χ3v) is 6.01. The van der Waals surface area contributed by atoms with Crippen molar-refractivity contribution in [2.45, 2.75) is 45.3 Å². The van der Waals surface area contributed by atoms with Crippen LogP contribution in [-0.4, -0.2) is 60.7 Å². The van der Waals surface area contributed by atoms with Gasteiger partial charge in [0.2, 0.25) is 5.91 Å². The molecule has 0 spiro atoms. The Hall–Kier alpha value is -3.96. The monoisotopic (exact) mass is 501 g/mol. The molecule has 0 bridgehead atoms. The lowest BCUT2D eigenvalue weighted by molar-refractivity contribution is -0.141. The summed E-state index contributed by atoms with van der Waals surface area (Å²) in [5, 5.41) is 4.47. The number of nitrogens with zero attached hydrogens (tertiary/aromatic N) is 5. The van der Waals surface area contributed by atoms with E-state index >= 15 is 0 Å². The van der Waals surface area contributed by atoms with Gasteiger partial charge in [-0.05, 0) is 37.5 Å². The van der Waals surface area contributed by atoms with E-state index in [9.17, 15) is 22.8 Å². The Morgan fingerprint density at radius 3 is 2.53 bits per heavy atom. The summed E-state index contributed by atoms with van der Waals surface area (Å²) in [6, 6.07) is 2.93. The van der Waals surface area contributed by atoms with Gasteiger partial charge in [-0.15, -0.1) is 0 Å². The first-order valence-electron chi connectivity index (χ1n) is 11.5. The SMILES string of the molecule is Cc1ccncc(-c2nn(CC(F)(F)F)c3cc(C(=O)N4CCCCCC4)ncc23)[nH]cc1C(N)=O. The lowest BCUT2D eigenvalue weighted by atomic mass is 10.2. The Labute approximate surface area is 204 Å². The number of hydrogen-bond donors (Lipinski definition) is 2. The summed E-state index contributed by atoms with van der Waals surface area (Å²) >= 11 is 0. The van der Waals surface area contributed by atoms with Crippen molar-refractivity contribution in [3.05, 3.63) is 53.7 Å². The molecule has 3 N–H and O–H groups in total. The maximum absolute atomic E-state index is 13.4. The zero-order valence-electron chi connectivity index (χ0n) is 19.7. The molecule has 1 saturated heterocycles. The van der Waals surface area contributed by atoms with Gasteiger partial charge in [-0.25, -0.2) is 0 Å². The number of pyridine rings is 1. The number of fused-ring (bicyclic) bond motifs is 1. The minimum atomic E-state index is -4.55. The molecule has 9 nitrogen and oxygen atoms in total. The fourth-order valence-electron chi connectivity index (χ4n) is 4.17. The zero-order valence-corrected chi connectivity index (χ0v) is 19.7. The molecule has 4 heterocycles. The molecular weight excluding hydrogens is 475 g/mol. The van der Waals surface area contributed by atoms with E-state index in [1.54, 1.807) is 17.9 Å². The van der Waals surface area contributed by atoms with Gasteiger partial charge in [0.05, 0.1) is 23.0 Å². The van der Waals surface area contributed by atoms with Crippen LogP contribution in [0.1, 0.15) is 52.1 Å². The lowest BCUT2D eigenvalue weighted by Gasteiger charge is -2.19. The summed E-state index contributed by atoms with van der Waals surface area (Å²) in [6.45, 7) is 1.49. The van der Waals surface area contributed by atoms with Crippen LogP contribution in [0.4, 0.5) is 13.2 Å². The fourth-order valence-corrected chi connectivity index (χ4v) is 4.17. The third kappa shape index (κ3) is 5.64. The lowest BCUT2D eigenvalue weighted by Crippen LogP contribution is -2.32. The average Bonchev–Trinajstić information content (AvgIpc) is 2.99. The van der Waals surface area contributed by atoms with Gasteiger partial charge >= 0.3 is 6.18 Å². The number of carbonyl (C=O) groups is 2. The van der Waals surface area contributed by atoms with Crippen LogP contribution in [0.2, 0.25) is 0 Å². The van der Waals surface area contributed by atoms with Crippen LogP contribution in [-0.2, 0) is 6.54 Å². The number of aryl methyl sites for hydroxylation is 1. The van der Waals surface area contributed by atoms with Crippen LogP contribution in [0.3, 0.4) is 0 Å². The van der Waals surface area contributed by atoms with E-state index in [1.165, 1.54) is 30.9 Å². The zero-order chi connectivity index (χ0) is 25.9. The van der Waals surface area contributed by atoms with Crippen LogP contribution >= 0.6 is 0 Å². The molecule has 0 atom stereocenters. The molecule has 0 saturated carbocycles. The average molecular weight is 502 g/mol. The molecule has 12 heteroatoms. The van der Waals surface area contributed by atoms with Crippen LogP contribution in [0.5, 0.6) is 0 Å². The normalized spacial score (nSPS) is 14.4. The first-order valence-corrected chi connectivity index (χ1v) is 11.5. The van der Waals surface area contributed by atoms with Crippen LogP contribution in [0, 0.1) is 6.92 Å². The molecule has 0 aliphatic carbocycles. The number of aromatic nitrogens is 5. The number of carbonyl (C=O) groups excluding carboxylic acids is 2. The van der Waals surface area contributed by atoms with Gasteiger partial charge in [0.25, 0.3) is 5.91 Å². The first-order chi connectivity index (χ1) is 17.1. The van der Waals surface area contributed by atoms with Crippen LogP contribution in [0.25, 0.3) is 22.3 Å². The first kappa shape index (κ1) is 25.1. The molecule has 4 rings (SSSR count). The summed E-state index contributed by atoms with van der Waals surface area (Å²) < 4.78 is 41.0. The predicted octanol–water partition coefficient (Wildman–Crippen LogP) is 3.93. The highest BCUT2D eigenvalue weighted by molar-refractivity contribution is 5.99. The van der Waals surface area contributed by atoms with Crippen LogP contribution in [0.15, 0.2) is 36.9 Å². The molecule has 0 aromatic carbocycles. The second kappa shape index (κ2) is 10.3. The topological polar surface area (TPSA) is 123 Å². The number of likely N-dealkylation sites (tertiary alicyclic amines) is 1. The Kier molecular flexibility index (Phi) is 7.22. The second-order valence-electron chi connectivity index (χ2n) is 8.67. The van der Waals surface area contributed by atoms with Crippen molar-refractivity contribution < 1.29 is 22.8 Å². The molecular formula is C24H26F3N7O2. The van der Waals surface area contributed by atoms with Crippen LogP contribution < -0.4 is 5.73 Å². The van der Waals surface area contributed by atoms with E-state index in [-0.39, 0.29) is 34.1 Å².